The Morgan fingerprint density at radius 1 is 1.16 bits per heavy atom. The van der Waals surface area contributed by atoms with Crippen LogP contribution in [0.1, 0.15) is 11.7 Å². The SMILES string of the molecule is OC(CSc1cccc(F)c1)c1cc(Cl)ccc1Cl. The molecule has 0 amide bonds. The first-order chi connectivity index (χ1) is 9.06. The lowest BCUT2D eigenvalue weighted by Crippen LogP contribution is -2.01. The molecule has 0 aliphatic heterocycles. The minimum Gasteiger partial charge on any atom is -0.387 e. The average Bonchev–Trinajstić information content (AvgIpc) is 2.39. The van der Waals surface area contributed by atoms with Crippen LogP contribution in [0.15, 0.2) is 47.4 Å². The molecule has 2 rings (SSSR count). The Morgan fingerprint density at radius 3 is 2.68 bits per heavy atom. The molecule has 0 saturated heterocycles. The van der Waals surface area contributed by atoms with Crippen LogP contribution in [0.2, 0.25) is 10.0 Å². The quantitative estimate of drug-likeness (QED) is 0.805. The number of aliphatic hydroxyl groups excluding tert-OH is 1. The van der Waals surface area contributed by atoms with E-state index in [1.807, 2.05) is 0 Å². The van der Waals surface area contributed by atoms with Crippen LogP contribution in [-0.2, 0) is 0 Å². The van der Waals surface area contributed by atoms with Crippen molar-refractivity contribution in [2.75, 3.05) is 5.75 Å². The summed E-state index contributed by atoms with van der Waals surface area (Å²) in [6.45, 7) is 0. The van der Waals surface area contributed by atoms with Gasteiger partial charge in [0.1, 0.15) is 5.82 Å². The molecule has 0 aromatic heterocycles. The summed E-state index contributed by atoms with van der Waals surface area (Å²) in [4.78, 5) is 0.761. The fourth-order valence-corrected chi connectivity index (χ4v) is 2.92. The van der Waals surface area contributed by atoms with Gasteiger partial charge in [0.25, 0.3) is 0 Å². The molecule has 1 atom stereocenters. The Morgan fingerprint density at radius 2 is 1.95 bits per heavy atom. The van der Waals surface area contributed by atoms with E-state index in [0.717, 1.165) is 4.90 Å². The highest BCUT2D eigenvalue weighted by atomic mass is 35.5. The fraction of sp³-hybridized carbons (Fsp3) is 0.143. The third kappa shape index (κ3) is 4.11. The number of halogens is 3. The summed E-state index contributed by atoms with van der Waals surface area (Å²) in [6, 6.07) is 11.2. The molecule has 1 unspecified atom stereocenters. The van der Waals surface area contributed by atoms with Crippen molar-refractivity contribution in [1.29, 1.82) is 0 Å². The van der Waals surface area contributed by atoms with E-state index >= 15 is 0 Å². The zero-order valence-electron chi connectivity index (χ0n) is 9.82. The third-order valence-electron chi connectivity index (χ3n) is 2.52. The molecule has 0 bridgehead atoms. The predicted octanol–water partition coefficient (Wildman–Crippen LogP) is 4.96. The summed E-state index contributed by atoms with van der Waals surface area (Å²) in [5.74, 6) is 0.0871. The van der Waals surface area contributed by atoms with E-state index in [4.69, 9.17) is 23.2 Å². The largest absolute Gasteiger partial charge is 0.387 e. The molecular weight excluding hydrogens is 306 g/mol. The molecule has 0 saturated carbocycles. The fourth-order valence-electron chi connectivity index (χ4n) is 1.59. The van der Waals surface area contributed by atoms with Crippen LogP contribution in [0.3, 0.4) is 0 Å². The van der Waals surface area contributed by atoms with Crippen molar-refractivity contribution in [2.24, 2.45) is 0 Å². The minimum atomic E-state index is -0.750. The highest BCUT2D eigenvalue weighted by molar-refractivity contribution is 7.99. The van der Waals surface area contributed by atoms with Crippen molar-refractivity contribution >= 4 is 35.0 Å². The van der Waals surface area contributed by atoms with Gasteiger partial charge in [-0.15, -0.1) is 11.8 Å². The monoisotopic (exact) mass is 316 g/mol. The van der Waals surface area contributed by atoms with Crippen LogP contribution in [0.5, 0.6) is 0 Å². The normalized spacial score (nSPS) is 12.4. The number of hydrogen-bond donors (Lipinski definition) is 1. The minimum absolute atomic E-state index is 0.291. The summed E-state index contributed by atoms with van der Waals surface area (Å²) in [5, 5.41) is 11.1. The average molecular weight is 317 g/mol. The molecule has 2 aromatic carbocycles. The molecule has 19 heavy (non-hydrogen) atoms. The Bertz CT molecular complexity index is 577. The van der Waals surface area contributed by atoms with E-state index in [-0.39, 0.29) is 5.82 Å². The second-order valence-electron chi connectivity index (χ2n) is 3.95. The Hall–Kier alpha value is -0.740. The zero-order chi connectivity index (χ0) is 13.8. The maximum atomic E-state index is 13.0. The van der Waals surface area contributed by atoms with Gasteiger partial charge < -0.3 is 5.11 Å². The van der Waals surface area contributed by atoms with Gasteiger partial charge in [-0.3, -0.25) is 0 Å². The number of benzene rings is 2. The van der Waals surface area contributed by atoms with E-state index < -0.39 is 6.10 Å². The Kier molecular flexibility index (Phi) is 5.11. The molecule has 0 fully saturated rings. The molecule has 5 heteroatoms. The van der Waals surface area contributed by atoms with Gasteiger partial charge in [0.05, 0.1) is 6.10 Å². The van der Waals surface area contributed by atoms with Crippen molar-refractivity contribution in [3.8, 4) is 0 Å². The number of thioether (sulfide) groups is 1. The topological polar surface area (TPSA) is 20.2 Å². The first-order valence-corrected chi connectivity index (χ1v) is 7.32. The van der Waals surface area contributed by atoms with Crippen molar-refractivity contribution < 1.29 is 9.50 Å². The number of hydrogen-bond acceptors (Lipinski definition) is 2. The summed E-state index contributed by atoms with van der Waals surface area (Å²) >= 11 is 13.2. The van der Waals surface area contributed by atoms with Crippen molar-refractivity contribution in [3.05, 3.63) is 63.9 Å². The number of aliphatic hydroxyl groups is 1. The summed E-state index contributed by atoms with van der Waals surface area (Å²) < 4.78 is 13.0. The van der Waals surface area contributed by atoms with E-state index in [9.17, 15) is 9.50 Å². The molecule has 100 valence electrons. The standard InChI is InChI=1S/C14H11Cl2FOS/c15-9-4-5-13(16)12(6-9)14(18)8-19-11-3-1-2-10(17)7-11/h1-7,14,18H,8H2. The van der Waals surface area contributed by atoms with Gasteiger partial charge >= 0.3 is 0 Å². The van der Waals surface area contributed by atoms with Crippen molar-refractivity contribution in [1.82, 2.24) is 0 Å². The third-order valence-corrected chi connectivity index (χ3v) is 4.17. The van der Waals surface area contributed by atoms with Gasteiger partial charge in [-0.05, 0) is 36.4 Å². The first kappa shape index (κ1) is 14.7. The Balaban J connectivity index is 2.05. The van der Waals surface area contributed by atoms with Gasteiger partial charge in [0.15, 0.2) is 0 Å². The lowest BCUT2D eigenvalue weighted by atomic mass is 10.1. The summed E-state index contributed by atoms with van der Waals surface area (Å²) in [5.41, 5.74) is 0.582. The molecule has 0 spiro atoms. The Labute approximate surface area is 125 Å². The van der Waals surface area contributed by atoms with Crippen molar-refractivity contribution in [3.63, 3.8) is 0 Å². The van der Waals surface area contributed by atoms with Crippen LogP contribution in [0.4, 0.5) is 4.39 Å². The summed E-state index contributed by atoms with van der Waals surface area (Å²) in [7, 11) is 0. The van der Waals surface area contributed by atoms with E-state index in [0.29, 0.717) is 21.4 Å². The van der Waals surface area contributed by atoms with Crippen molar-refractivity contribution in [2.45, 2.75) is 11.0 Å². The lowest BCUT2D eigenvalue weighted by Gasteiger charge is -2.12. The van der Waals surface area contributed by atoms with Gasteiger partial charge in [0, 0.05) is 26.3 Å². The maximum Gasteiger partial charge on any atom is 0.124 e. The molecule has 0 aliphatic carbocycles. The van der Waals surface area contributed by atoms with E-state index in [2.05, 4.69) is 0 Å². The van der Waals surface area contributed by atoms with Crippen LogP contribution in [-0.4, -0.2) is 10.9 Å². The van der Waals surface area contributed by atoms with Gasteiger partial charge in [-0.1, -0.05) is 29.3 Å². The lowest BCUT2D eigenvalue weighted by molar-refractivity contribution is 0.204. The first-order valence-electron chi connectivity index (χ1n) is 5.57. The van der Waals surface area contributed by atoms with Crippen LogP contribution >= 0.6 is 35.0 Å². The van der Waals surface area contributed by atoms with Crippen LogP contribution in [0, 0.1) is 5.82 Å². The smallest absolute Gasteiger partial charge is 0.124 e. The second-order valence-corrected chi connectivity index (χ2v) is 5.89. The summed E-state index contributed by atoms with van der Waals surface area (Å²) in [6.07, 6.45) is -0.750. The molecule has 0 aliphatic rings. The van der Waals surface area contributed by atoms with Gasteiger partial charge in [0.2, 0.25) is 0 Å². The van der Waals surface area contributed by atoms with E-state index in [1.54, 1.807) is 30.3 Å². The molecule has 1 N–H and O–H groups in total. The van der Waals surface area contributed by atoms with Crippen LogP contribution in [0.25, 0.3) is 0 Å². The molecule has 0 heterocycles. The van der Waals surface area contributed by atoms with Gasteiger partial charge in [-0.25, -0.2) is 4.39 Å². The highest BCUT2D eigenvalue weighted by Crippen LogP contribution is 2.30. The zero-order valence-corrected chi connectivity index (χ0v) is 12.1. The van der Waals surface area contributed by atoms with Gasteiger partial charge in [-0.2, -0.15) is 0 Å². The number of rotatable bonds is 4. The second kappa shape index (κ2) is 6.62. The highest BCUT2D eigenvalue weighted by Gasteiger charge is 2.12. The van der Waals surface area contributed by atoms with E-state index in [1.165, 1.54) is 23.9 Å². The molecule has 1 nitrogen and oxygen atoms in total. The molecule has 2 aromatic rings. The molecular formula is C14H11Cl2FOS. The predicted molar refractivity (Wildman–Crippen MR) is 78.5 cm³/mol. The molecule has 0 radical (unpaired) electrons. The van der Waals surface area contributed by atoms with Crippen LogP contribution < -0.4 is 0 Å². The maximum absolute atomic E-state index is 13.0.